The standard InChI is InChI=1S/C19H25FN2O3.ClH/c1-25-19(24)15-8-7-13(11-16(15)20)22-10-9-14(17(22)18(21)23)12-5-3-2-4-6-12;/h7-8,11-12,14,17H,2-6,9-10H2,1H3,(H2,21,23);1H/t14-,17-;/m0./s1. The van der Waals surface area contributed by atoms with E-state index in [9.17, 15) is 14.0 Å². The molecule has 1 aliphatic carbocycles. The van der Waals surface area contributed by atoms with E-state index in [2.05, 4.69) is 4.74 Å². The smallest absolute Gasteiger partial charge is 0.340 e. The lowest BCUT2D eigenvalue weighted by molar-refractivity contribution is -0.120. The number of amides is 1. The predicted octanol–water partition coefficient (Wildman–Crippen LogP) is 3.29. The fourth-order valence-electron chi connectivity index (χ4n) is 4.48. The molecule has 26 heavy (non-hydrogen) atoms. The maximum atomic E-state index is 14.3. The minimum atomic E-state index is -0.711. The van der Waals surface area contributed by atoms with Crippen LogP contribution in [0.1, 0.15) is 48.9 Å². The molecular formula is C19H26ClFN2O3. The van der Waals surface area contributed by atoms with Crippen molar-refractivity contribution in [2.24, 2.45) is 17.6 Å². The summed E-state index contributed by atoms with van der Waals surface area (Å²) in [5.74, 6) is -0.979. The highest BCUT2D eigenvalue weighted by molar-refractivity contribution is 5.90. The zero-order valence-electron chi connectivity index (χ0n) is 14.9. The average Bonchev–Trinajstić information content (AvgIpc) is 3.07. The van der Waals surface area contributed by atoms with Gasteiger partial charge in [0.05, 0.1) is 12.7 Å². The number of carbonyl (C=O) groups is 2. The van der Waals surface area contributed by atoms with Gasteiger partial charge in [-0.3, -0.25) is 4.79 Å². The van der Waals surface area contributed by atoms with E-state index in [4.69, 9.17) is 5.73 Å². The first kappa shape index (κ1) is 20.5. The molecule has 1 aromatic carbocycles. The Morgan fingerprint density at radius 2 is 1.88 bits per heavy atom. The molecule has 5 nitrogen and oxygen atoms in total. The molecule has 1 amide bonds. The first-order valence-corrected chi connectivity index (χ1v) is 8.96. The van der Waals surface area contributed by atoms with Crippen LogP contribution in [0.3, 0.4) is 0 Å². The third kappa shape index (κ3) is 3.95. The normalized spacial score (nSPS) is 23.4. The highest BCUT2D eigenvalue weighted by Gasteiger charge is 2.42. The lowest BCUT2D eigenvalue weighted by Crippen LogP contribution is -2.46. The quantitative estimate of drug-likeness (QED) is 0.808. The van der Waals surface area contributed by atoms with Crippen LogP contribution in [-0.4, -0.2) is 31.6 Å². The van der Waals surface area contributed by atoms with Crippen LogP contribution in [0.25, 0.3) is 0 Å². The molecule has 1 saturated heterocycles. The molecule has 0 unspecified atom stereocenters. The average molecular weight is 385 g/mol. The van der Waals surface area contributed by atoms with Gasteiger partial charge in [0.2, 0.25) is 5.91 Å². The number of anilines is 1. The fourth-order valence-corrected chi connectivity index (χ4v) is 4.48. The van der Waals surface area contributed by atoms with E-state index < -0.39 is 17.8 Å². The number of hydrogen-bond donors (Lipinski definition) is 1. The van der Waals surface area contributed by atoms with Gasteiger partial charge in [-0.2, -0.15) is 0 Å². The van der Waals surface area contributed by atoms with E-state index in [0.717, 1.165) is 19.3 Å². The Morgan fingerprint density at radius 1 is 1.19 bits per heavy atom. The fraction of sp³-hybridized carbons (Fsp3) is 0.579. The molecule has 0 aromatic heterocycles. The summed E-state index contributed by atoms with van der Waals surface area (Å²) in [6.45, 7) is 0.672. The Balaban J connectivity index is 0.00000243. The minimum absolute atomic E-state index is 0. The van der Waals surface area contributed by atoms with Crippen molar-refractivity contribution < 1.29 is 18.7 Å². The van der Waals surface area contributed by atoms with E-state index in [1.807, 2.05) is 4.90 Å². The van der Waals surface area contributed by atoms with Crippen LogP contribution < -0.4 is 10.6 Å². The zero-order valence-corrected chi connectivity index (χ0v) is 15.8. The number of halogens is 2. The Kier molecular flexibility index (Phi) is 6.87. The summed E-state index contributed by atoms with van der Waals surface area (Å²) < 4.78 is 18.8. The van der Waals surface area contributed by atoms with Crippen molar-refractivity contribution in [2.75, 3.05) is 18.6 Å². The van der Waals surface area contributed by atoms with Gasteiger partial charge in [-0.15, -0.1) is 12.4 Å². The van der Waals surface area contributed by atoms with Crippen molar-refractivity contribution in [1.29, 1.82) is 0 Å². The molecule has 144 valence electrons. The van der Waals surface area contributed by atoms with Crippen molar-refractivity contribution in [3.8, 4) is 0 Å². The maximum Gasteiger partial charge on any atom is 0.340 e. The van der Waals surface area contributed by atoms with Crippen LogP contribution in [-0.2, 0) is 9.53 Å². The maximum absolute atomic E-state index is 14.3. The van der Waals surface area contributed by atoms with E-state index in [1.165, 1.54) is 38.5 Å². The van der Waals surface area contributed by atoms with Crippen LogP contribution in [0.15, 0.2) is 18.2 Å². The molecule has 2 aliphatic rings. The van der Waals surface area contributed by atoms with Gasteiger partial charge in [0.1, 0.15) is 11.9 Å². The topological polar surface area (TPSA) is 72.6 Å². The van der Waals surface area contributed by atoms with Gasteiger partial charge in [-0.1, -0.05) is 32.1 Å². The molecule has 1 aliphatic heterocycles. The lowest BCUT2D eigenvalue weighted by Gasteiger charge is -2.33. The Morgan fingerprint density at radius 3 is 2.46 bits per heavy atom. The van der Waals surface area contributed by atoms with Crippen LogP contribution in [0.2, 0.25) is 0 Å². The summed E-state index contributed by atoms with van der Waals surface area (Å²) in [6, 6.07) is 3.95. The van der Waals surface area contributed by atoms with Gasteiger partial charge < -0.3 is 15.4 Å². The molecule has 1 heterocycles. The molecule has 7 heteroatoms. The van der Waals surface area contributed by atoms with E-state index in [0.29, 0.717) is 18.2 Å². The Bertz CT molecular complexity index is 664. The Hall–Kier alpha value is -1.82. The number of nitrogens with zero attached hydrogens (tertiary/aromatic N) is 1. The number of hydrogen-bond acceptors (Lipinski definition) is 4. The van der Waals surface area contributed by atoms with E-state index in [1.54, 1.807) is 6.07 Å². The van der Waals surface area contributed by atoms with Crippen LogP contribution in [0, 0.1) is 17.7 Å². The van der Waals surface area contributed by atoms with Gasteiger partial charge in [-0.25, -0.2) is 9.18 Å². The highest BCUT2D eigenvalue weighted by atomic mass is 35.5. The third-order valence-corrected chi connectivity index (χ3v) is 5.68. The second-order valence-corrected chi connectivity index (χ2v) is 7.05. The minimum Gasteiger partial charge on any atom is -0.465 e. The summed E-state index contributed by atoms with van der Waals surface area (Å²) in [5.41, 5.74) is 6.20. The van der Waals surface area contributed by atoms with Gasteiger partial charge in [0.15, 0.2) is 0 Å². The number of benzene rings is 1. The number of methoxy groups -OCH3 is 1. The predicted molar refractivity (Wildman–Crippen MR) is 100.0 cm³/mol. The molecule has 0 radical (unpaired) electrons. The summed E-state index contributed by atoms with van der Waals surface area (Å²) in [4.78, 5) is 25.6. The summed E-state index contributed by atoms with van der Waals surface area (Å²) in [7, 11) is 1.22. The monoisotopic (exact) mass is 384 g/mol. The lowest BCUT2D eigenvalue weighted by atomic mass is 9.76. The number of carbonyl (C=O) groups excluding carboxylic acids is 2. The number of nitrogens with two attached hydrogens (primary N) is 1. The Labute approximate surface area is 159 Å². The van der Waals surface area contributed by atoms with Crippen LogP contribution >= 0.6 is 12.4 Å². The van der Waals surface area contributed by atoms with Crippen LogP contribution in [0.5, 0.6) is 0 Å². The number of rotatable bonds is 4. The number of esters is 1. The molecule has 2 fully saturated rings. The van der Waals surface area contributed by atoms with Gasteiger partial charge in [0, 0.05) is 12.2 Å². The molecular weight excluding hydrogens is 359 g/mol. The van der Waals surface area contributed by atoms with Crippen molar-refractivity contribution in [3.63, 3.8) is 0 Å². The summed E-state index contributed by atoms with van der Waals surface area (Å²) in [6.07, 6.45) is 6.83. The molecule has 3 rings (SSSR count). The van der Waals surface area contributed by atoms with Crippen molar-refractivity contribution >= 4 is 30.0 Å². The largest absolute Gasteiger partial charge is 0.465 e. The van der Waals surface area contributed by atoms with E-state index >= 15 is 0 Å². The molecule has 0 bridgehead atoms. The molecule has 1 saturated carbocycles. The first-order chi connectivity index (χ1) is 12.0. The first-order valence-electron chi connectivity index (χ1n) is 8.96. The molecule has 2 atom stereocenters. The second kappa shape index (κ2) is 8.71. The number of primary amides is 1. The SMILES string of the molecule is COC(=O)c1ccc(N2CC[C@@H](C3CCCCC3)[C@H]2C(N)=O)cc1F.Cl. The molecule has 0 spiro atoms. The van der Waals surface area contributed by atoms with Crippen LogP contribution in [0.4, 0.5) is 10.1 Å². The van der Waals surface area contributed by atoms with E-state index in [-0.39, 0.29) is 29.8 Å². The van der Waals surface area contributed by atoms with Crippen molar-refractivity contribution in [2.45, 2.75) is 44.6 Å². The summed E-state index contributed by atoms with van der Waals surface area (Å²) >= 11 is 0. The van der Waals surface area contributed by atoms with Crippen molar-refractivity contribution in [1.82, 2.24) is 0 Å². The number of ether oxygens (including phenoxy) is 1. The third-order valence-electron chi connectivity index (χ3n) is 5.68. The molecule has 1 aromatic rings. The van der Waals surface area contributed by atoms with Gasteiger partial charge in [-0.05, 0) is 36.5 Å². The van der Waals surface area contributed by atoms with Crippen molar-refractivity contribution in [3.05, 3.63) is 29.6 Å². The highest BCUT2D eigenvalue weighted by Crippen LogP contribution is 2.40. The zero-order chi connectivity index (χ0) is 18.0. The van der Waals surface area contributed by atoms with Gasteiger partial charge in [0.25, 0.3) is 0 Å². The molecule has 2 N–H and O–H groups in total. The van der Waals surface area contributed by atoms with Gasteiger partial charge >= 0.3 is 5.97 Å². The summed E-state index contributed by atoms with van der Waals surface area (Å²) in [5, 5.41) is 0. The second-order valence-electron chi connectivity index (χ2n) is 7.05.